The number of allylic oxidation sites excluding steroid dienone is 1. The molecule has 3 heteroatoms. The Labute approximate surface area is 57.5 Å². The molecule has 8 heavy (non-hydrogen) atoms. The van der Waals surface area contributed by atoms with Gasteiger partial charge in [-0.25, -0.2) is 0 Å². The van der Waals surface area contributed by atoms with Crippen LogP contribution in [0, 0.1) is 0 Å². The predicted molar refractivity (Wildman–Crippen MR) is 42.2 cm³/mol. The van der Waals surface area contributed by atoms with Crippen LogP contribution < -0.4 is 5.73 Å². The first-order valence-corrected chi connectivity index (χ1v) is 4.99. The highest BCUT2D eigenvalue weighted by atomic mass is 127. The van der Waals surface area contributed by atoms with Crippen LogP contribution in [0.2, 0.25) is 0 Å². The Bertz CT molecular complexity index is 171. The largest absolute Gasteiger partial charge is 0.366 e. The molecule has 1 heterocycles. The highest BCUT2D eigenvalue weighted by molar-refractivity contribution is 14.2. The molecule has 0 unspecified atom stereocenters. The Morgan fingerprint density at radius 2 is 2.62 bits per heavy atom. The maximum atomic E-state index is 10.3. The van der Waals surface area contributed by atoms with Crippen LogP contribution >= 0.6 is 20.7 Å². The number of halogens is 1. The molecule has 2 nitrogen and oxygen atoms in total. The SMILES string of the molecule is NC(=O)C1=CCI=C1. The van der Waals surface area contributed by atoms with Gasteiger partial charge in [0.25, 0.3) is 0 Å². The first-order valence-electron chi connectivity index (χ1n) is 2.21. The lowest BCUT2D eigenvalue weighted by atomic mass is 10.3. The topological polar surface area (TPSA) is 43.1 Å². The molecule has 1 amide bonds. The monoisotopic (exact) mass is 223 g/mol. The number of alkyl halides is 1. The zero-order valence-electron chi connectivity index (χ0n) is 4.23. The average Bonchev–Trinajstić information content (AvgIpc) is 2.12. The first kappa shape index (κ1) is 5.94. The van der Waals surface area contributed by atoms with E-state index in [-0.39, 0.29) is 26.6 Å². The summed E-state index contributed by atoms with van der Waals surface area (Å²) in [4.78, 5) is 10.3. The third-order valence-corrected chi connectivity index (χ3v) is 2.93. The van der Waals surface area contributed by atoms with Gasteiger partial charge in [-0.2, -0.15) is 0 Å². The van der Waals surface area contributed by atoms with Gasteiger partial charge in [-0.15, -0.1) is 20.7 Å². The third-order valence-electron chi connectivity index (χ3n) is 0.865. The molecule has 0 aromatic rings. The van der Waals surface area contributed by atoms with Crippen molar-refractivity contribution in [2.45, 2.75) is 0 Å². The minimum atomic E-state index is -0.276. The summed E-state index contributed by atoms with van der Waals surface area (Å²) < 4.78 is 3.05. The van der Waals surface area contributed by atoms with E-state index in [0.29, 0.717) is 0 Å². The quantitative estimate of drug-likeness (QED) is 0.500. The normalized spacial score (nSPS) is 17.2. The van der Waals surface area contributed by atoms with E-state index in [4.69, 9.17) is 5.73 Å². The molecule has 0 radical (unpaired) electrons. The molecular weight excluding hydrogens is 217 g/mol. The summed E-state index contributed by atoms with van der Waals surface area (Å²) in [6.07, 6.45) is 1.91. The minimum Gasteiger partial charge on any atom is -0.366 e. The summed E-state index contributed by atoms with van der Waals surface area (Å²) in [5.74, 6) is -0.276. The van der Waals surface area contributed by atoms with Crippen molar-refractivity contribution in [1.29, 1.82) is 0 Å². The number of primary amides is 1. The second-order valence-electron chi connectivity index (χ2n) is 1.44. The van der Waals surface area contributed by atoms with Crippen molar-refractivity contribution in [2.24, 2.45) is 5.73 Å². The Kier molecular flexibility index (Phi) is 1.77. The van der Waals surface area contributed by atoms with E-state index < -0.39 is 0 Å². The number of carbonyl (C=O) groups excluding carboxylic acids is 1. The molecule has 1 aliphatic heterocycles. The van der Waals surface area contributed by atoms with Crippen LogP contribution in [-0.2, 0) is 4.79 Å². The van der Waals surface area contributed by atoms with Gasteiger partial charge in [0, 0.05) is 10.0 Å². The van der Waals surface area contributed by atoms with Crippen molar-refractivity contribution in [3.63, 3.8) is 0 Å². The van der Waals surface area contributed by atoms with E-state index >= 15 is 0 Å². The molecule has 0 saturated heterocycles. The van der Waals surface area contributed by atoms with Crippen molar-refractivity contribution in [3.8, 4) is 0 Å². The molecule has 1 aliphatic rings. The van der Waals surface area contributed by atoms with Gasteiger partial charge in [0.15, 0.2) is 0 Å². The van der Waals surface area contributed by atoms with Crippen LogP contribution in [-0.4, -0.2) is 14.3 Å². The Balaban J connectivity index is 2.72. The Morgan fingerprint density at radius 3 is 2.88 bits per heavy atom. The third kappa shape index (κ3) is 1.15. The molecule has 0 spiro atoms. The molecule has 0 saturated carbocycles. The van der Waals surface area contributed by atoms with Gasteiger partial charge < -0.3 is 5.73 Å². The molecule has 0 fully saturated rings. The lowest BCUT2D eigenvalue weighted by Crippen LogP contribution is -2.13. The van der Waals surface area contributed by atoms with Crippen LogP contribution in [0.25, 0.3) is 0 Å². The first-order chi connectivity index (χ1) is 3.80. The highest BCUT2D eigenvalue weighted by Gasteiger charge is 2.01. The zero-order chi connectivity index (χ0) is 5.98. The van der Waals surface area contributed by atoms with Gasteiger partial charge in [0.2, 0.25) is 5.91 Å². The van der Waals surface area contributed by atoms with Crippen molar-refractivity contribution >= 4 is 30.6 Å². The molecule has 0 aromatic heterocycles. The smallest absolute Gasteiger partial charge is 0.248 e. The van der Waals surface area contributed by atoms with Gasteiger partial charge in [0.05, 0.1) is 0 Å². The maximum Gasteiger partial charge on any atom is 0.248 e. The standard InChI is InChI=1S/C5H6INO/c7-5(8)4-1-2-6-3-4/h1,3H,2H2,(H2,7,8). The van der Waals surface area contributed by atoms with Crippen LogP contribution in [0.3, 0.4) is 0 Å². The summed E-state index contributed by atoms with van der Waals surface area (Å²) in [7, 11) is 0. The Hall–Kier alpha value is -0.190. The minimum absolute atomic E-state index is 0.150. The highest BCUT2D eigenvalue weighted by Crippen LogP contribution is 2.09. The molecule has 0 aromatic carbocycles. The fourth-order valence-corrected chi connectivity index (χ4v) is 2.47. The fraction of sp³-hybridized carbons (Fsp3) is 0.200. The van der Waals surface area contributed by atoms with Gasteiger partial charge >= 0.3 is 0 Å². The predicted octanol–water partition coefficient (Wildman–Crippen LogP) is 0.185. The van der Waals surface area contributed by atoms with Crippen LogP contribution in [0.5, 0.6) is 0 Å². The number of amides is 1. The van der Waals surface area contributed by atoms with Crippen molar-refractivity contribution < 1.29 is 4.79 Å². The van der Waals surface area contributed by atoms with Crippen LogP contribution in [0.4, 0.5) is 0 Å². The molecule has 0 bridgehead atoms. The van der Waals surface area contributed by atoms with Crippen LogP contribution in [0.1, 0.15) is 0 Å². The fourth-order valence-electron chi connectivity index (χ4n) is 0.454. The van der Waals surface area contributed by atoms with Gasteiger partial charge in [0.1, 0.15) is 0 Å². The lowest BCUT2D eigenvalue weighted by molar-refractivity contribution is -0.114. The number of carbonyl (C=O) groups is 1. The molecular formula is C5H6INO. The van der Waals surface area contributed by atoms with E-state index in [9.17, 15) is 4.79 Å². The summed E-state index contributed by atoms with van der Waals surface area (Å²) >= 11 is 0.150. The van der Waals surface area contributed by atoms with E-state index in [1.165, 1.54) is 0 Å². The molecule has 1 rings (SSSR count). The van der Waals surface area contributed by atoms with Crippen molar-refractivity contribution in [3.05, 3.63) is 11.6 Å². The van der Waals surface area contributed by atoms with Gasteiger partial charge in [-0.3, -0.25) is 4.79 Å². The van der Waals surface area contributed by atoms with E-state index in [1.54, 1.807) is 0 Å². The second-order valence-corrected chi connectivity index (χ2v) is 3.83. The van der Waals surface area contributed by atoms with E-state index in [0.717, 1.165) is 10.0 Å². The number of rotatable bonds is 1. The maximum absolute atomic E-state index is 10.3. The summed E-state index contributed by atoms with van der Waals surface area (Å²) in [5, 5.41) is 0. The van der Waals surface area contributed by atoms with Gasteiger partial charge in [-0.1, -0.05) is 6.08 Å². The molecule has 0 atom stereocenters. The molecule has 44 valence electrons. The number of nitrogens with two attached hydrogens (primary N) is 1. The Morgan fingerprint density at radius 1 is 1.88 bits per heavy atom. The van der Waals surface area contributed by atoms with E-state index in [2.05, 4.69) is 0 Å². The van der Waals surface area contributed by atoms with Crippen molar-refractivity contribution in [1.82, 2.24) is 0 Å². The lowest BCUT2D eigenvalue weighted by Gasteiger charge is -1.84. The van der Waals surface area contributed by atoms with Gasteiger partial charge in [-0.05, 0) is 4.01 Å². The average molecular weight is 223 g/mol. The zero-order valence-corrected chi connectivity index (χ0v) is 6.38. The van der Waals surface area contributed by atoms with E-state index in [1.807, 2.05) is 10.1 Å². The molecule has 2 N–H and O–H groups in total. The molecule has 0 aliphatic carbocycles. The summed E-state index contributed by atoms with van der Waals surface area (Å²) in [5.41, 5.74) is 5.71. The second kappa shape index (κ2) is 2.39. The number of hydrogen-bond donors (Lipinski definition) is 1. The number of hydrogen-bond acceptors (Lipinski definition) is 1. The summed E-state index contributed by atoms with van der Waals surface area (Å²) in [6.45, 7) is 0. The van der Waals surface area contributed by atoms with Crippen molar-refractivity contribution in [2.75, 3.05) is 4.43 Å². The summed E-state index contributed by atoms with van der Waals surface area (Å²) in [6, 6.07) is 0. The van der Waals surface area contributed by atoms with Crippen LogP contribution in [0.15, 0.2) is 11.6 Å².